The molecule has 0 bridgehead atoms. The van der Waals surface area contributed by atoms with Crippen LogP contribution in [0.2, 0.25) is 0 Å². The summed E-state index contributed by atoms with van der Waals surface area (Å²) in [6.07, 6.45) is 0.587. The number of carbonyl (C=O) groups excluding carboxylic acids is 3. The SMILES string of the molecule is CC(C)COC(=O)CC1C(=O)NCCN1C(=O)c1cccc(OCCc2ccccc2)c1. The number of carbonyl (C=O) groups is 3. The number of ether oxygens (including phenoxy) is 2. The van der Waals surface area contributed by atoms with Gasteiger partial charge in [-0.15, -0.1) is 0 Å². The lowest BCUT2D eigenvalue weighted by Crippen LogP contribution is -2.57. The predicted octanol–water partition coefficient (Wildman–Crippen LogP) is 2.84. The zero-order valence-electron chi connectivity index (χ0n) is 18.6. The smallest absolute Gasteiger partial charge is 0.308 e. The molecule has 2 aromatic carbocycles. The second-order valence-corrected chi connectivity index (χ2v) is 8.20. The van der Waals surface area contributed by atoms with Crippen LogP contribution in [0.15, 0.2) is 54.6 Å². The first-order valence-corrected chi connectivity index (χ1v) is 10.9. The molecule has 7 nitrogen and oxygen atoms in total. The molecule has 1 unspecified atom stereocenters. The Hall–Kier alpha value is -3.35. The molecule has 7 heteroatoms. The third-order valence-corrected chi connectivity index (χ3v) is 5.11. The fraction of sp³-hybridized carbons (Fsp3) is 0.400. The second-order valence-electron chi connectivity index (χ2n) is 8.20. The average molecular weight is 439 g/mol. The summed E-state index contributed by atoms with van der Waals surface area (Å²) >= 11 is 0. The Labute approximate surface area is 188 Å². The van der Waals surface area contributed by atoms with Gasteiger partial charge in [0, 0.05) is 25.1 Å². The van der Waals surface area contributed by atoms with Crippen LogP contribution >= 0.6 is 0 Å². The highest BCUT2D eigenvalue weighted by atomic mass is 16.5. The van der Waals surface area contributed by atoms with Crippen LogP contribution in [0.3, 0.4) is 0 Å². The largest absolute Gasteiger partial charge is 0.493 e. The number of hydrogen-bond acceptors (Lipinski definition) is 5. The molecule has 1 aliphatic heterocycles. The first kappa shape index (κ1) is 23.3. The van der Waals surface area contributed by atoms with Gasteiger partial charge in [0.1, 0.15) is 11.8 Å². The Bertz CT molecular complexity index is 929. The zero-order chi connectivity index (χ0) is 22.9. The van der Waals surface area contributed by atoms with E-state index < -0.39 is 12.0 Å². The van der Waals surface area contributed by atoms with Gasteiger partial charge in [-0.25, -0.2) is 0 Å². The average Bonchev–Trinajstić information content (AvgIpc) is 2.79. The molecule has 1 N–H and O–H groups in total. The molecule has 0 radical (unpaired) electrons. The van der Waals surface area contributed by atoms with Crippen molar-refractivity contribution in [2.45, 2.75) is 32.7 Å². The molecule has 1 heterocycles. The van der Waals surface area contributed by atoms with Crippen molar-refractivity contribution in [2.75, 3.05) is 26.3 Å². The minimum atomic E-state index is -0.890. The lowest BCUT2D eigenvalue weighted by atomic mass is 10.1. The van der Waals surface area contributed by atoms with Gasteiger partial charge < -0.3 is 19.7 Å². The van der Waals surface area contributed by atoms with E-state index in [0.29, 0.717) is 31.0 Å². The highest BCUT2D eigenvalue weighted by molar-refractivity contribution is 5.99. The van der Waals surface area contributed by atoms with E-state index in [1.54, 1.807) is 24.3 Å². The summed E-state index contributed by atoms with van der Waals surface area (Å²) in [7, 11) is 0. The van der Waals surface area contributed by atoms with Crippen LogP contribution in [0.25, 0.3) is 0 Å². The van der Waals surface area contributed by atoms with E-state index in [1.807, 2.05) is 44.2 Å². The van der Waals surface area contributed by atoms with Crippen molar-refractivity contribution in [1.29, 1.82) is 0 Å². The van der Waals surface area contributed by atoms with Gasteiger partial charge in [0.05, 0.1) is 19.6 Å². The van der Waals surface area contributed by atoms with Gasteiger partial charge in [0.15, 0.2) is 0 Å². The number of esters is 1. The van der Waals surface area contributed by atoms with Crippen molar-refractivity contribution < 1.29 is 23.9 Å². The Morgan fingerprint density at radius 2 is 1.91 bits per heavy atom. The number of nitrogens with one attached hydrogen (secondary N) is 1. The van der Waals surface area contributed by atoms with Gasteiger partial charge >= 0.3 is 5.97 Å². The number of amides is 2. The first-order valence-electron chi connectivity index (χ1n) is 10.9. The summed E-state index contributed by atoms with van der Waals surface area (Å²) in [5, 5.41) is 2.73. The molecule has 170 valence electrons. The molecule has 0 aliphatic carbocycles. The highest BCUT2D eigenvalue weighted by Gasteiger charge is 2.35. The van der Waals surface area contributed by atoms with E-state index in [1.165, 1.54) is 10.5 Å². The molecule has 1 atom stereocenters. The maximum Gasteiger partial charge on any atom is 0.308 e. The fourth-order valence-electron chi connectivity index (χ4n) is 3.45. The fourth-order valence-corrected chi connectivity index (χ4v) is 3.45. The van der Waals surface area contributed by atoms with Crippen molar-refractivity contribution in [3.63, 3.8) is 0 Å². The van der Waals surface area contributed by atoms with E-state index in [0.717, 1.165) is 6.42 Å². The number of benzene rings is 2. The summed E-state index contributed by atoms with van der Waals surface area (Å²) in [5.41, 5.74) is 1.59. The van der Waals surface area contributed by atoms with Crippen LogP contribution in [0, 0.1) is 5.92 Å². The van der Waals surface area contributed by atoms with Gasteiger partial charge in [-0.3, -0.25) is 14.4 Å². The van der Waals surface area contributed by atoms with E-state index in [-0.39, 0.29) is 30.8 Å². The number of rotatable bonds is 9. The molecule has 3 rings (SSSR count). The predicted molar refractivity (Wildman–Crippen MR) is 120 cm³/mol. The van der Waals surface area contributed by atoms with Crippen LogP contribution in [-0.4, -0.2) is 55.0 Å². The maximum absolute atomic E-state index is 13.2. The van der Waals surface area contributed by atoms with E-state index >= 15 is 0 Å². The van der Waals surface area contributed by atoms with Gasteiger partial charge in [-0.2, -0.15) is 0 Å². The monoisotopic (exact) mass is 438 g/mol. The molecule has 1 fully saturated rings. The molecular formula is C25H30N2O5. The molecule has 1 saturated heterocycles. The Morgan fingerprint density at radius 1 is 1.12 bits per heavy atom. The van der Waals surface area contributed by atoms with Gasteiger partial charge in [-0.05, 0) is 29.7 Å². The molecule has 32 heavy (non-hydrogen) atoms. The second kappa shape index (κ2) is 11.3. The molecule has 0 spiro atoms. The number of nitrogens with zero attached hydrogens (tertiary/aromatic N) is 1. The van der Waals surface area contributed by atoms with Gasteiger partial charge in [0.25, 0.3) is 5.91 Å². The van der Waals surface area contributed by atoms with E-state index in [9.17, 15) is 14.4 Å². The summed E-state index contributed by atoms with van der Waals surface area (Å²) in [6.45, 7) is 5.30. The molecule has 2 amide bonds. The number of piperazine rings is 1. The topological polar surface area (TPSA) is 84.9 Å². The molecule has 1 aliphatic rings. The third kappa shape index (κ3) is 6.57. The minimum Gasteiger partial charge on any atom is -0.493 e. The van der Waals surface area contributed by atoms with Crippen LogP contribution in [0.1, 0.15) is 36.2 Å². The summed E-state index contributed by atoms with van der Waals surface area (Å²) < 4.78 is 11.0. The maximum atomic E-state index is 13.2. The summed E-state index contributed by atoms with van der Waals surface area (Å²) in [4.78, 5) is 39.2. The van der Waals surface area contributed by atoms with Crippen LogP contribution in [-0.2, 0) is 20.7 Å². The normalized spacial score (nSPS) is 15.9. The van der Waals surface area contributed by atoms with Crippen molar-refractivity contribution in [1.82, 2.24) is 10.2 Å². The molecule has 0 saturated carbocycles. The first-order chi connectivity index (χ1) is 15.4. The lowest BCUT2D eigenvalue weighted by Gasteiger charge is -2.34. The van der Waals surface area contributed by atoms with Crippen LogP contribution in [0.5, 0.6) is 5.75 Å². The van der Waals surface area contributed by atoms with Gasteiger partial charge in [-0.1, -0.05) is 50.2 Å². The highest BCUT2D eigenvalue weighted by Crippen LogP contribution is 2.19. The Morgan fingerprint density at radius 3 is 2.66 bits per heavy atom. The van der Waals surface area contributed by atoms with Crippen LogP contribution in [0.4, 0.5) is 0 Å². The summed E-state index contributed by atoms with van der Waals surface area (Å²) in [6, 6.07) is 16.0. The third-order valence-electron chi connectivity index (χ3n) is 5.11. The quantitative estimate of drug-likeness (QED) is 0.609. The van der Waals surface area contributed by atoms with E-state index in [2.05, 4.69) is 5.32 Å². The Kier molecular flexibility index (Phi) is 8.25. The molecular weight excluding hydrogens is 408 g/mol. The standard InChI is InChI=1S/C25H30N2O5/c1-18(2)17-32-23(28)16-22-24(29)26-12-13-27(22)25(30)20-9-6-10-21(15-20)31-14-11-19-7-4-3-5-8-19/h3-10,15,18,22H,11-14,16-17H2,1-2H3,(H,26,29). The van der Waals surface area contributed by atoms with Crippen molar-refractivity contribution in [3.05, 3.63) is 65.7 Å². The summed E-state index contributed by atoms with van der Waals surface area (Å²) in [5.74, 6) is -0.365. The van der Waals surface area contributed by atoms with E-state index in [4.69, 9.17) is 9.47 Å². The van der Waals surface area contributed by atoms with Gasteiger partial charge in [0.2, 0.25) is 5.91 Å². The van der Waals surface area contributed by atoms with Crippen molar-refractivity contribution in [3.8, 4) is 5.75 Å². The Balaban J connectivity index is 1.64. The minimum absolute atomic E-state index is 0.169. The molecule has 2 aromatic rings. The zero-order valence-corrected chi connectivity index (χ0v) is 18.6. The number of hydrogen-bond donors (Lipinski definition) is 1. The lowest BCUT2D eigenvalue weighted by molar-refractivity contribution is -0.148. The van der Waals surface area contributed by atoms with Crippen molar-refractivity contribution >= 4 is 17.8 Å². The van der Waals surface area contributed by atoms with Crippen molar-refractivity contribution in [2.24, 2.45) is 5.92 Å². The molecule has 0 aromatic heterocycles. The van der Waals surface area contributed by atoms with Crippen LogP contribution < -0.4 is 10.1 Å².